The summed E-state index contributed by atoms with van der Waals surface area (Å²) < 4.78 is 22.7. The molecule has 2 aromatic rings. The van der Waals surface area contributed by atoms with E-state index in [-0.39, 0.29) is 0 Å². The Morgan fingerprint density at radius 2 is 1.74 bits per heavy atom. The molecule has 0 aliphatic carbocycles. The standard InChI is InChI=1S/C14H14ClNO2S/c1-19(17,18)14-7-5-12(6-8-14)16-13-4-2-3-11(9-13)10-15/h2-9,16H,10H2,1H3. The van der Waals surface area contributed by atoms with Crippen LogP contribution in [0.5, 0.6) is 0 Å². The fourth-order valence-corrected chi connectivity index (χ4v) is 2.48. The monoisotopic (exact) mass is 295 g/mol. The topological polar surface area (TPSA) is 46.2 Å². The third-order valence-corrected chi connectivity index (χ3v) is 4.09. The molecule has 0 amide bonds. The fourth-order valence-electron chi connectivity index (χ4n) is 1.68. The number of alkyl halides is 1. The minimum absolute atomic E-state index is 0.313. The van der Waals surface area contributed by atoms with Crippen molar-refractivity contribution in [1.82, 2.24) is 0 Å². The maximum atomic E-state index is 11.4. The molecule has 19 heavy (non-hydrogen) atoms. The van der Waals surface area contributed by atoms with Gasteiger partial charge in [0.1, 0.15) is 0 Å². The molecule has 0 unspecified atom stereocenters. The molecule has 0 aromatic heterocycles. The summed E-state index contributed by atoms with van der Waals surface area (Å²) in [7, 11) is -3.15. The Balaban J connectivity index is 2.19. The van der Waals surface area contributed by atoms with Crippen LogP contribution in [-0.2, 0) is 15.7 Å². The zero-order valence-electron chi connectivity index (χ0n) is 10.4. The largest absolute Gasteiger partial charge is 0.356 e. The lowest BCUT2D eigenvalue weighted by molar-refractivity contribution is 0.602. The third-order valence-electron chi connectivity index (χ3n) is 2.65. The highest BCUT2D eigenvalue weighted by atomic mass is 35.5. The summed E-state index contributed by atoms with van der Waals surface area (Å²) >= 11 is 5.78. The molecule has 0 radical (unpaired) electrons. The molecule has 0 aliphatic heterocycles. The molecule has 2 rings (SSSR count). The molecule has 0 bridgehead atoms. The maximum Gasteiger partial charge on any atom is 0.175 e. The molecule has 0 aliphatic rings. The van der Waals surface area contributed by atoms with E-state index >= 15 is 0 Å². The van der Waals surface area contributed by atoms with E-state index in [2.05, 4.69) is 5.32 Å². The Bertz CT molecular complexity index is 666. The van der Waals surface area contributed by atoms with Crippen molar-refractivity contribution >= 4 is 32.8 Å². The van der Waals surface area contributed by atoms with Crippen LogP contribution in [0.4, 0.5) is 11.4 Å². The van der Waals surface area contributed by atoms with E-state index in [0.29, 0.717) is 10.8 Å². The van der Waals surface area contributed by atoms with Crippen LogP contribution in [0.2, 0.25) is 0 Å². The van der Waals surface area contributed by atoms with Crippen molar-refractivity contribution in [1.29, 1.82) is 0 Å². The zero-order chi connectivity index (χ0) is 13.9. The van der Waals surface area contributed by atoms with Gasteiger partial charge in [-0.05, 0) is 42.0 Å². The van der Waals surface area contributed by atoms with Crippen molar-refractivity contribution in [2.45, 2.75) is 10.8 Å². The van der Waals surface area contributed by atoms with Crippen molar-refractivity contribution in [3.8, 4) is 0 Å². The van der Waals surface area contributed by atoms with Crippen molar-refractivity contribution in [3.05, 3.63) is 54.1 Å². The first-order valence-electron chi connectivity index (χ1n) is 5.71. The van der Waals surface area contributed by atoms with Crippen LogP contribution >= 0.6 is 11.6 Å². The minimum Gasteiger partial charge on any atom is -0.356 e. The van der Waals surface area contributed by atoms with Gasteiger partial charge in [0.25, 0.3) is 0 Å². The highest BCUT2D eigenvalue weighted by molar-refractivity contribution is 7.90. The molecule has 0 saturated carbocycles. The first-order valence-corrected chi connectivity index (χ1v) is 8.14. The minimum atomic E-state index is -3.15. The Kier molecular flexibility index (Phi) is 4.12. The number of benzene rings is 2. The quantitative estimate of drug-likeness (QED) is 0.877. The second kappa shape index (κ2) is 5.63. The summed E-state index contributed by atoms with van der Waals surface area (Å²) in [4.78, 5) is 0.313. The molecular formula is C14H14ClNO2S. The lowest BCUT2D eigenvalue weighted by Crippen LogP contribution is -1.97. The third kappa shape index (κ3) is 3.72. The molecule has 1 N–H and O–H groups in total. The maximum absolute atomic E-state index is 11.4. The number of nitrogens with one attached hydrogen (secondary N) is 1. The number of hydrogen-bond donors (Lipinski definition) is 1. The highest BCUT2D eigenvalue weighted by Gasteiger charge is 2.06. The van der Waals surface area contributed by atoms with Gasteiger partial charge in [-0.3, -0.25) is 0 Å². The van der Waals surface area contributed by atoms with Crippen LogP contribution in [-0.4, -0.2) is 14.7 Å². The lowest BCUT2D eigenvalue weighted by atomic mass is 10.2. The summed E-state index contributed by atoms with van der Waals surface area (Å²) in [5.74, 6) is 0.461. The van der Waals surface area contributed by atoms with E-state index in [9.17, 15) is 8.42 Å². The molecule has 2 aromatic carbocycles. The van der Waals surface area contributed by atoms with Crippen LogP contribution in [0.25, 0.3) is 0 Å². The SMILES string of the molecule is CS(=O)(=O)c1ccc(Nc2cccc(CCl)c2)cc1. The number of anilines is 2. The summed E-state index contributed by atoms with van der Waals surface area (Å²) in [5.41, 5.74) is 2.78. The van der Waals surface area contributed by atoms with Gasteiger partial charge in [0.15, 0.2) is 9.84 Å². The second-order valence-corrected chi connectivity index (χ2v) is 6.54. The van der Waals surface area contributed by atoms with Crippen LogP contribution in [0.3, 0.4) is 0 Å². The second-order valence-electron chi connectivity index (χ2n) is 4.26. The van der Waals surface area contributed by atoms with Crippen LogP contribution in [0.1, 0.15) is 5.56 Å². The predicted molar refractivity (Wildman–Crippen MR) is 78.8 cm³/mol. The van der Waals surface area contributed by atoms with Crippen LogP contribution < -0.4 is 5.32 Å². The average molecular weight is 296 g/mol. The average Bonchev–Trinajstić information content (AvgIpc) is 2.38. The Morgan fingerprint density at radius 3 is 2.32 bits per heavy atom. The molecule has 0 spiro atoms. The number of sulfone groups is 1. The first-order chi connectivity index (χ1) is 8.99. The summed E-state index contributed by atoms with van der Waals surface area (Å²) in [6, 6.07) is 14.4. The zero-order valence-corrected chi connectivity index (χ0v) is 12.0. The van der Waals surface area contributed by atoms with Crippen molar-refractivity contribution in [3.63, 3.8) is 0 Å². The van der Waals surface area contributed by atoms with Gasteiger partial charge in [0, 0.05) is 23.5 Å². The van der Waals surface area contributed by atoms with Gasteiger partial charge >= 0.3 is 0 Å². The molecule has 0 saturated heterocycles. The van der Waals surface area contributed by atoms with E-state index < -0.39 is 9.84 Å². The number of hydrogen-bond acceptors (Lipinski definition) is 3. The lowest BCUT2D eigenvalue weighted by Gasteiger charge is -2.08. The van der Waals surface area contributed by atoms with E-state index in [4.69, 9.17) is 11.6 Å². The Morgan fingerprint density at radius 1 is 1.05 bits per heavy atom. The fraction of sp³-hybridized carbons (Fsp3) is 0.143. The van der Waals surface area contributed by atoms with Gasteiger partial charge in [0.05, 0.1) is 4.90 Å². The van der Waals surface area contributed by atoms with Crippen molar-refractivity contribution in [2.75, 3.05) is 11.6 Å². The van der Waals surface area contributed by atoms with Gasteiger partial charge in [0.2, 0.25) is 0 Å². The van der Waals surface area contributed by atoms with Crippen LogP contribution in [0.15, 0.2) is 53.4 Å². The summed E-state index contributed by atoms with van der Waals surface area (Å²) in [5, 5.41) is 3.20. The van der Waals surface area contributed by atoms with Gasteiger partial charge in [-0.15, -0.1) is 11.6 Å². The van der Waals surface area contributed by atoms with Gasteiger partial charge in [-0.25, -0.2) is 8.42 Å². The van der Waals surface area contributed by atoms with Gasteiger partial charge in [-0.1, -0.05) is 12.1 Å². The molecule has 0 fully saturated rings. The normalized spacial score (nSPS) is 11.3. The van der Waals surface area contributed by atoms with Gasteiger partial charge < -0.3 is 5.32 Å². The van der Waals surface area contributed by atoms with Crippen molar-refractivity contribution < 1.29 is 8.42 Å². The highest BCUT2D eigenvalue weighted by Crippen LogP contribution is 2.20. The Labute approximate surface area is 118 Å². The molecular weight excluding hydrogens is 282 g/mol. The summed E-state index contributed by atoms with van der Waals surface area (Å²) in [6.45, 7) is 0. The van der Waals surface area contributed by atoms with Gasteiger partial charge in [-0.2, -0.15) is 0 Å². The van der Waals surface area contributed by atoms with E-state index in [1.807, 2.05) is 24.3 Å². The van der Waals surface area contributed by atoms with Crippen molar-refractivity contribution in [2.24, 2.45) is 0 Å². The molecule has 100 valence electrons. The molecule has 0 atom stereocenters. The summed E-state index contributed by atoms with van der Waals surface area (Å²) in [6.07, 6.45) is 1.19. The molecule has 3 nitrogen and oxygen atoms in total. The van der Waals surface area contributed by atoms with E-state index in [1.54, 1.807) is 24.3 Å². The molecule has 5 heteroatoms. The smallest absolute Gasteiger partial charge is 0.175 e. The predicted octanol–water partition coefficient (Wildman–Crippen LogP) is 3.57. The first kappa shape index (κ1) is 13.9. The Hall–Kier alpha value is -1.52. The van der Waals surface area contributed by atoms with E-state index in [1.165, 1.54) is 6.26 Å². The number of halogens is 1. The van der Waals surface area contributed by atoms with E-state index in [0.717, 1.165) is 16.9 Å². The van der Waals surface area contributed by atoms with Crippen LogP contribution in [0, 0.1) is 0 Å². The molecule has 0 heterocycles. The number of rotatable bonds is 4.